The van der Waals surface area contributed by atoms with Crippen LogP contribution >= 0.6 is 15.2 Å². The van der Waals surface area contributed by atoms with Crippen LogP contribution in [0.15, 0.2) is 30.3 Å². The molecule has 1 N–H and O–H groups in total. The van der Waals surface area contributed by atoms with Gasteiger partial charge in [-0.25, -0.2) is 0 Å². The molecule has 0 aliphatic carbocycles. The summed E-state index contributed by atoms with van der Waals surface area (Å²) in [6.45, 7) is 6.73. The molecular weight excluding hydrogens is 274 g/mol. The predicted molar refractivity (Wildman–Crippen MR) is 89.5 cm³/mol. The van der Waals surface area contributed by atoms with Gasteiger partial charge in [0.05, 0.1) is 0 Å². The minimum atomic E-state index is -2.16. The molecule has 0 heterocycles. The van der Waals surface area contributed by atoms with Crippen LogP contribution in [0.1, 0.15) is 33.3 Å². The van der Waals surface area contributed by atoms with E-state index in [0.717, 1.165) is 30.2 Å². The van der Waals surface area contributed by atoms with Crippen molar-refractivity contribution in [1.82, 2.24) is 0 Å². The van der Waals surface area contributed by atoms with Crippen LogP contribution in [0.2, 0.25) is 0 Å². The van der Waals surface area contributed by atoms with Gasteiger partial charge < -0.3 is 0 Å². The van der Waals surface area contributed by atoms with Gasteiger partial charge in [0.25, 0.3) is 0 Å². The molecule has 2 nitrogen and oxygen atoms in total. The third kappa shape index (κ3) is 3.99. The fourth-order valence-corrected chi connectivity index (χ4v) is 10.0. The quantitative estimate of drug-likeness (QED) is 0.680. The molecule has 1 atom stereocenters. The summed E-state index contributed by atoms with van der Waals surface area (Å²) < 4.78 is 6.38. The molecule has 0 aromatic heterocycles. The van der Waals surface area contributed by atoms with Gasteiger partial charge in [0.15, 0.2) is 0 Å². The van der Waals surface area contributed by atoms with Crippen molar-refractivity contribution < 1.29 is 9.20 Å². The van der Waals surface area contributed by atoms with E-state index in [4.69, 9.17) is 4.31 Å². The van der Waals surface area contributed by atoms with E-state index in [2.05, 4.69) is 39.8 Å². The minimum absolute atomic E-state index is 0.647. The molecule has 4 heteroatoms. The Morgan fingerprint density at radius 3 is 1.84 bits per heavy atom. The topological polar surface area (TPSA) is 29.5 Å². The van der Waals surface area contributed by atoms with Gasteiger partial charge in [0, 0.05) is 0 Å². The van der Waals surface area contributed by atoms with Crippen molar-refractivity contribution in [1.29, 1.82) is 0 Å². The van der Waals surface area contributed by atoms with E-state index < -0.39 is 15.2 Å². The molecule has 0 bridgehead atoms. The maximum absolute atomic E-state index is 10.4. The van der Waals surface area contributed by atoms with Gasteiger partial charge in [0.1, 0.15) is 0 Å². The molecule has 0 saturated heterocycles. The van der Waals surface area contributed by atoms with E-state index in [0.29, 0.717) is 6.16 Å². The standard InChI is InChI=1S/C15H28O2P2/c1-5-19(6-2,7-3,8-4)17-18(16)14-15-12-10-9-11-13-15/h9-13,16H,5-8,14H2,1-4H3. The first-order valence-corrected chi connectivity index (χ1v) is 11.5. The summed E-state index contributed by atoms with van der Waals surface area (Å²) >= 11 is 0. The first-order chi connectivity index (χ1) is 9.03. The van der Waals surface area contributed by atoms with Gasteiger partial charge in [-0.2, -0.15) is 0 Å². The third-order valence-electron chi connectivity index (χ3n) is 4.69. The second kappa shape index (κ2) is 7.14. The molecule has 19 heavy (non-hydrogen) atoms. The van der Waals surface area contributed by atoms with Gasteiger partial charge in [-0.15, -0.1) is 0 Å². The summed E-state index contributed by atoms with van der Waals surface area (Å²) in [5, 5.41) is 0. The van der Waals surface area contributed by atoms with Crippen LogP contribution in [-0.4, -0.2) is 29.5 Å². The Bertz CT molecular complexity index is 353. The van der Waals surface area contributed by atoms with Gasteiger partial charge in [-0.3, -0.25) is 0 Å². The molecule has 0 amide bonds. The first kappa shape index (κ1) is 17.1. The zero-order valence-corrected chi connectivity index (χ0v) is 14.5. The summed E-state index contributed by atoms with van der Waals surface area (Å²) in [6.07, 6.45) is 4.94. The Morgan fingerprint density at radius 2 is 1.42 bits per heavy atom. The fraction of sp³-hybridized carbons (Fsp3) is 0.600. The zero-order chi connectivity index (χ0) is 14.4. The third-order valence-corrected chi connectivity index (χ3v) is 14.3. The SMILES string of the molecule is CCP(CC)(CC)(CC)OP(O)Cc1ccccc1. The van der Waals surface area contributed by atoms with Crippen LogP contribution in [0, 0.1) is 0 Å². The molecule has 0 fully saturated rings. The number of hydrogen-bond donors (Lipinski definition) is 1. The van der Waals surface area contributed by atoms with Crippen LogP contribution in [0.25, 0.3) is 0 Å². The molecule has 110 valence electrons. The number of benzene rings is 1. The summed E-state index contributed by atoms with van der Waals surface area (Å²) in [5.41, 5.74) is 1.16. The van der Waals surface area contributed by atoms with Crippen molar-refractivity contribution in [3.05, 3.63) is 35.9 Å². The van der Waals surface area contributed by atoms with Crippen molar-refractivity contribution >= 4 is 15.2 Å². The Kier molecular flexibility index (Phi) is 6.40. The van der Waals surface area contributed by atoms with Gasteiger partial charge in [0.2, 0.25) is 0 Å². The van der Waals surface area contributed by atoms with Crippen molar-refractivity contribution in [2.75, 3.05) is 24.6 Å². The van der Waals surface area contributed by atoms with Crippen LogP contribution in [0.3, 0.4) is 0 Å². The average Bonchev–Trinajstić information content (AvgIpc) is 2.47. The van der Waals surface area contributed by atoms with E-state index in [9.17, 15) is 4.89 Å². The van der Waals surface area contributed by atoms with Gasteiger partial charge in [-0.05, 0) is 0 Å². The second-order valence-electron chi connectivity index (χ2n) is 5.20. The normalized spacial score (nSPS) is 15.7. The fourth-order valence-electron chi connectivity index (χ4n) is 2.61. The molecule has 0 aliphatic heterocycles. The summed E-state index contributed by atoms with van der Waals surface area (Å²) in [5.74, 6) is 0. The van der Waals surface area contributed by atoms with Crippen molar-refractivity contribution in [3.8, 4) is 0 Å². The second-order valence-corrected chi connectivity index (χ2v) is 13.1. The van der Waals surface area contributed by atoms with Crippen LogP contribution in [0.5, 0.6) is 0 Å². The summed E-state index contributed by atoms with van der Waals surface area (Å²) in [7, 11) is -1.36. The summed E-state index contributed by atoms with van der Waals surface area (Å²) in [4.78, 5) is 10.4. The van der Waals surface area contributed by atoms with Crippen LogP contribution < -0.4 is 0 Å². The molecule has 0 aliphatic rings. The molecule has 0 saturated carbocycles. The molecule has 0 radical (unpaired) electrons. The molecular formula is C15H28O2P2. The van der Waals surface area contributed by atoms with Crippen LogP contribution in [-0.2, 0) is 10.5 Å². The zero-order valence-electron chi connectivity index (χ0n) is 12.7. The Balaban J connectivity index is 2.80. The first-order valence-electron chi connectivity index (χ1n) is 7.24. The van der Waals surface area contributed by atoms with Gasteiger partial charge in [-0.1, -0.05) is 0 Å². The van der Waals surface area contributed by atoms with Crippen molar-refractivity contribution in [2.45, 2.75) is 33.9 Å². The number of rotatable bonds is 8. The van der Waals surface area contributed by atoms with E-state index in [-0.39, 0.29) is 0 Å². The van der Waals surface area contributed by atoms with Gasteiger partial charge >= 0.3 is 119 Å². The monoisotopic (exact) mass is 302 g/mol. The van der Waals surface area contributed by atoms with Crippen LogP contribution in [0.4, 0.5) is 0 Å². The van der Waals surface area contributed by atoms with E-state index >= 15 is 0 Å². The molecule has 1 rings (SSSR count). The Hall–Kier alpha value is 0. The molecule has 1 aromatic rings. The maximum atomic E-state index is 10.4. The Labute approximate surface area is 119 Å². The number of hydrogen-bond acceptors (Lipinski definition) is 2. The molecule has 0 spiro atoms. The predicted octanol–water partition coefficient (Wildman–Crippen LogP) is 5.06. The average molecular weight is 302 g/mol. The Morgan fingerprint density at radius 1 is 0.947 bits per heavy atom. The molecule has 1 unspecified atom stereocenters. The summed E-state index contributed by atoms with van der Waals surface area (Å²) in [6, 6.07) is 10.1. The van der Waals surface area contributed by atoms with Crippen molar-refractivity contribution in [2.24, 2.45) is 0 Å². The molecule has 1 aromatic carbocycles. The van der Waals surface area contributed by atoms with E-state index in [1.807, 2.05) is 18.2 Å². The van der Waals surface area contributed by atoms with Crippen molar-refractivity contribution in [3.63, 3.8) is 0 Å². The van der Waals surface area contributed by atoms with E-state index in [1.165, 1.54) is 0 Å². The van der Waals surface area contributed by atoms with E-state index in [1.54, 1.807) is 0 Å².